The van der Waals surface area contributed by atoms with Crippen LogP contribution in [-0.4, -0.2) is 51.2 Å². The van der Waals surface area contributed by atoms with E-state index in [1.165, 1.54) is 13.0 Å². The van der Waals surface area contributed by atoms with Crippen molar-refractivity contribution in [3.8, 4) is 11.5 Å². The van der Waals surface area contributed by atoms with Gasteiger partial charge in [-0.3, -0.25) is 4.79 Å². The summed E-state index contributed by atoms with van der Waals surface area (Å²) in [5.41, 5.74) is -0.434. The molecule has 8 nitrogen and oxygen atoms in total. The molecule has 0 radical (unpaired) electrons. The molecule has 1 aromatic rings. The van der Waals surface area contributed by atoms with E-state index in [4.69, 9.17) is 14.2 Å². The van der Waals surface area contributed by atoms with Crippen molar-refractivity contribution in [2.24, 2.45) is 22.7 Å². The lowest BCUT2D eigenvalue weighted by atomic mass is 9.43. The lowest BCUT2D eigenvalue weighted by Gasteiger charge is -2.65. The highest BCUT2D eigenvalue weighted by molar-refractivity contribution is 5.96. The highest BCUT2D eigenvalue weighted by Gasteiger charge is 2.66. The van der Waals surface area contributed by atoms with Crippen molar-refractivity contribution in [2.75, 3.05) is 0 Å². The first kappa shape index (κ1) is 24.4. The SMILES string of the molecule is CC(=O)O[C@@H]1c2c3c(cc(O)c2C(=O)O[C@@H]1C)O[C@@]1(C)[C@@H](O)C[C@H]2C(C)(C)[C@@H](O)CC[C@]2(C)[C@@H]1C3. The standard InChI is InChI=1S/C27H36O8/c1-12-23(34-13(2)28)21-14-9-18-26(5)8-7-19(30)25(3,4)17(26)11-20(31)27(18,6)35-16(14)10-15(29)22(21)24(32)33-12/h10,12,17-20,23,29-31H,7-9,11H2,1-6H3/t12-,17+,18+,19+,20+,23+,26+,27-/m1/s1. The Hall–Kier alpha value is -2.32. The monoisotopic (exact) mass is 488 g/mol. The summed E-state index contributed by atoms with van der Waals surface area (Å²) in [7, 11) is 0. The van der Waals surface area contributed by atoms with Crippen LogP contribution < -0.4 is 4.74 Å². The number of esters is 2. The van der Waals surface area contributed by atoms with E-state index in [1.54, 1.807) is 6.92 Å². The van der Waals surface area contributed by atoms with Crippen molar-refractivity contribution in [2.45, 2.75) is 97.2 Å². The predicted octanol–water partition coefficient (Wildman–Crippen LogP) is 3.43. The molecule has 0 saturated heterocycles. The number of aliphatic hydroxyl groups is 2. The van der Waals surface area contributed by atoms with Crippen LogP contribution in [-0.2, 0) is 20.7 Å². The summed E-state index contributed by atoms with van der Waals surface area (Å²) < 4.78 is 17.5. The molecule has 0 bridgehead atoms. The number of fused-ring (bicyclic) bond motifs is 6. The summed E-state index contributed by atoms with van der Waals surface area (Å²) in [5, 5.41) is 33.0. The number of hydrogen-bond acceptors (Lipinski definition) is 8. The second kappa shape index (κ2) is 7.59. The Kier molecular flexibility index (Phi) is 5.29. The summed E-state index contributed by atoms with van der Waals surface area (Å²) in [6, 6.07) is 1.41. The zero-order chi connectivity index (χ0) is 25.7. The Morgan fingerprint density at radius 1 is 1.14 bits per heavy atom. The van der Waals surface area contributed by atoms with Crippen LogP contribution in [0.4, 0.5) is 0 Å². The number of cyclic esters (lactones) is 1. The third-order valence-corrected chi connectivity index (χ3v) is 9.77. The van der Waals surface area contributed by atoms with Crippen molar-refractivity contribution in [1.29, 1.82) is 0 Å². The lowest BCUT2D eigenvalue weighted by Crippen LogP contribution is -2.68. The summed E-state index contributed by atoms with van der Waals surface area (Å²) >= 11 is 0. The van der Waals surface area contributed by atoms with Crippen molar-refractivity contribution in [3.05, 3.63) is 22.8 Å². The smallest absolute Gasteiger partial charge is 0.342 e. The van der Waals surface area contributed by atoms with E-state index in [9.17, 15) is 24.9 Å². The molecular weight excluding hydrogens is 452 g/mol. The van der Waals surface area contributed by atoms with Crippen LogP contribution >= 0.6 is 0 Å². The van der Waals surface area contributed by atoms with Gasteiger partial charge in [0.25, 0.3) is 0 Å². The van der Waals surface area contributed by atoms with Crippen LogP contribution in [0.15, 0.2) is 6.07 Å². The molecule has 2 saturated carbocycles. The highest BCUT2D eigenvalue weighted by Crippen LogP contribution is 2.65. The number of carbonyl (C=O) groups is 2. The molecule has 4 aliphatic rings. The highest BCUT2D eigenvalue weighted by atomic mass is 16.6. The minimum Gasteiger partial charge on any atom is -0.507 e. The molecule has 0 amide bonds. The number of rotatable bonds is 1. The van der Waals surface area contributed by atoms with Gasteiger partial charge in [-0.05, 0) is 56.3 Å². The van der Waals surface area contributed by atoms with Gasteiger partial charge in [0, 0.05) is 30.0 Å². The fourth-order valence-corrected chi connectivity index (χ4v) is 7.82. The molecular formula is C27H36O8. The maximum atomic E-state index is 12.8. The third-order valence-electron chi connectivity index (χ3n) is 9.77. The van der Waals surface area contributed by atoms with Gasteiger partial charge in [0.1, 0.15) is 28.8 Å². The van der Waals surface area contributed by atoms with Crippen LogP contribution in [0.25, 0.3) is 0 Å². The van der Waals surface area contributed by atoms with Gasteiger partial charge in [0.2, 0.25) is 0 Å². The largest absolute Gasteiger partial charge is 0.507 e. The molecule has 2 aliphatic carbocycles. The maximum Gasteiger partial charge on any atom is 0.342 e. The van der Waals surface area contributed by atoms with Crippen LogP contribution in [0.3, 0.4) is 0 Å². The van der Waals surface area contributed by atoms with Gasteiger partial charge in [-0.1, -0.05) is 20.8 Å². The third kappa shape index (κ3) is 3.25. The molecule has 192 valence electrons. The van der Waals surface area contributed by atoms with E-state index in [0.29, 0.717) is 36.1 Å². The molecule has 3 N–H and O–H groups in total. The maximum absolute atomic E-state index is 12.8. The van der Waals surface area contributed by atoms with Crippen LogP contribution in [0, 0.1) is 22.7 Å². The second-order valence-electron chi connectivity index (χ2n) is 12.0. The first-order valence-corrected chi connectivity index (χ1v) is 12.5. The predicted molar refractivity (Wildman–Crippen MR) is 125 cm³/mol. The van der Waals surface area contributed by atoms with Crippen LogP contribution in [0.2, 0.25) is 0 Å². The summed E-state index contributed by atoms with van der Waals surface area (Å²) in [6.07, 6.45) is -0.445. The van der Waals surface area contributed by atoms with Gasteiger partial charge in [0.15, 0.2) is 6.10 Å². The Morgan fingerprint density at radius 3 is 2.49 bits per heavy atom. The fourth-order valence-electron chi connectivity index (χ4n) is 7.82. The Bertz CT molecular complexity index is 1100. The number of aliphatic hydroxyl groups excluding tert-OH is 2. The molecule has 2 aliphatic heterocycles. The van der Waals surface area contributed by atoms with E-state index in [0.717, 1.165) is 6.42 Å². The number of phenols is 1. The molecule has 2 heterocycles. The number of benzene rings is 1. The fraction of sp³-hybridized carbons (Fsp3) is 0.704. The van der Waals surface area contributed by atoms with Gasteiger partial charge in [-0.15, -0.1) is 0 Å². The molecule has 0 aromatic heterocycles. The molecule has 8 heteroatoms. The van der Waals surface area contributed by atoms with E-state index in [2.05, 4.69) is 20.8 Å². The zero-order valence-corrected chi connectivity index (χ0v) is 21.3. The van der Waals surface area contributed by atoms with Crippen LogP contribution in [0.1, 0.15) is 88.4 Å². The average molecular weight is 489 g/mol. The van der Waals surface area contributed by atoms with E-state index >= 15 is 0 Å². The lowest BCUT2D eigenvalue weighted by molar-refractivity contribution is -0.231. The minimum atomic E-state index is -0.922. The van der Waals surface area contributed by atoms with Gasteiger partial charge >= 0.3 is 11.9 Å². The van der Waals surface area contributed by atoms with E-state index in [1.807, 2.05) is 6.92 Å². The Morgan fingerprint density at radius 2 is 1.83 bits per heavy atom. The Balaban J connectivity index is 1.69. The van der Waals surface area contributed by atoms with Gasteiger partial charge in [-0.25, -0.2) is 4.79 Å². The molecule has 1 aromatic carbocycles. The van der Waals surface area contributed by atoms with Gasteiger partial charge in [0.05, 0.1) is 12.2 Å². The summed E-state index contributed by atoms with van der Waals surface area (Å²) in [4.78, 5) is 24.8. The summed E-state index contributed by atoms with van der Waals surface area (Å²) in [5.74, 6) is -1.19. The Labute approximate surface area is 205 Å². The number of aromatic hydroxyl groups is 1. The van der Waals surface area contributed by atoms with Crippen LogP contribution in [0.5, 0.6) is 11.5 Å². The molecule has 0 spiro atoms. The second-order valence-corrected chi connectivity index (χ2v) is 12.0. The van der Waals surface area contributed by atoms with E-state index in [-0.39, 0.29) is 34.0 Å². The van der Waals surface area contributed by atoms with Crippen molar-refractivity contribution < 1.29 is 39.1 Å². The average Bonchev–Trinajstić information content (AvgIpc) is 2.75. The van der Waals surface area contributed by atoms with Crippen molar-refractivity contribution >= 4 is 11.9 Å². The summed E-state index contributed by atoms with van der Waals surface area (Å²) in [6.45, 7) is 11.2. The van der Waals surface area contributed by atoms with Crippen molar-refractivity contribution in [3.63, 3.8) is 0 Å². The van der Waals surface area contributed by atoms with Crippen molar-refractivity contribution in [1.82, 2.24) is 0 Å². The molecule has 5 rings (SSSR count). The topological polar surface area (TPSA) is 123 Å². The molecule has 8 atom stereocenters. The first-order chi connectivity index (χ1) is 16.2. The molecule has 2 fully saturated rings. The molecule has 0 unspecified atom stereocenters. The molecule has 35 heavy (non-hydrogen) atoms. The van der Waals surface area contributed by atoms with Gasteiger partial charge < -0.3 is 29.5 Å². The number of carbonyl (C=O) groups excluding carboxylic acids is 2. The quantitative estimate of drug-likeness (QED) is 0.514. The first-order valence-electron chi connectivity index (χ1n) is 12.5. The number of phenolic OH excluding ortho intramolecular Hbond substituents is 1. The normalized spacial score (nSPS) is 41.3. The number of ether oxygens (including phenoxy) is 3. The minimum absolute atomic E-state index is 0.00207. The zero-order valence-electron chi connectivity index (χ0n) is 21.3. The van der Waals surface area contributed by atoms with Gasteiger partial charge in [-0.2, -0.15) is 0 Å². The van der Waals surface area contributed by atoms with E-state index < -0.39 is 42.0 Å². The number of hydrogen-bond donors (Lipinski definition) is 3.